The van der Waals surface area contributed by atoms with Crippen molar-refractivity contribution in [3.05, 3.63) is 87.5 Å². The number of phenols is 1. The predicted molar refractivity (Wildman–Crippen MR) is 105 cm³/mol. The van der Waals surface area contributed by atoms with Crippen molar-refractivity contribution >= 4 is 34.5 Å². The summed E-state index contributed by atoms with van der Waals surface area (Å²) in [6, 6.07) is 22.8. The molecule has 0 saturated carbocycles. The van der Waals surface area contributed by atoms with Crippen LogP contribution in [0.25, 0.3) is 0 Å². The molecular weight excluding hydrogens is 413 g/mol. The van der Waals surface area contributed by atoms with Crippen LogP contribution in [0.15, 0.2) is 77.8 Å². The second-order valence-electron chi connectivity index (χ2n) is 5.23. The molecule has 0 radical (unpaired) electrons. The van der Waals surface area contributed by atoms with Gasteiger partial charge in [0, 0.05) is 15.3 Å². The molecule has 0 bridgehead atoms. The van der Waals surface area contributed by atoms with E-state index in [0.717, 1.165) is 26.1 Å². The molecule has 0 aliphatic carbocycles. The molecule has 0 spiro atoms. The van der Waals surface area contributed by atoms with Gasteiger partial charge in [0.15, 0.2) is 0 Å². The fraction of sp³-hybridized carbons (Fsp3) is 0.0500. The molecule has 0 aliphatic heterocycles. The van der Waals surface area contributed by atoms with Gasteiger partial charge in [-0.3, -0.25) is 4.99 Å². The molecule has 1 N–H and O–H groups in total. The Hall–Kier alpha value is -2.34. The monoisotopic (exact) mass is 429 g/mol. The standard InChI is InChI=1S/C20H16INO2/c21-17-6-11-20(24-14-15-4-2-1-3-5-15)16(12-17)13-22-18-7-9-19(23)10-8-18/h1-13,23H,14H2. The van der Waals surface area contributed by atoms with Crippen LogP contribution in [0.3, 0.4) is 0 Å². The number of phenolic OH excluding ortho intramolecular Hbond substituents is 1. The average molecular weight is 429 g/mol. The minimum absolute atomic E-state index is 0.232. The maximum atomic E-state index is 9.33. The number of aliphatic imine (C=N–C) groups is 1. The van der Waals surface area contributed by atoms with E-state index in [1.165, 1.54) is 0 Å². The van der Waals surface area contributed by atoms with Gasteiger partial charge in [0.1, 0.15) is 18.1 Å². The number of benzene rings is 3. The molecule has 0 saturated heterocycles. The molecule has 120 valence electrons. The highest BCUT2D eigenvalue weighted by Gasteiger charge is 2.03. The lowest BCUT2D eigenvalue weighted by molar-refractivity contribution is 0.306. The summed E-state index contributed by atoms with van der Waals surface area (Å²) in [7, 11) is 0. The molecule has 0 aromatic heterocycles. The van der Waals surface area contributed by atoms with Crippen molar-refractivity contribution in [1.29, 1.82) is 0 Å². The second-order valence-corrected chi connectivity index (χ2v) is 6.48. The fourth-order valence-electron chi connectivity index (χ4n) is 2.17. The van der Waals surface area contributed by atoms with Crippen molar-refractivity contribution in [3.63, 3.8) is 0 Å². The molecule has 0 unspecified atom stereocenters. The largest absolute Gasteiger partial charge is 0.508 e. The van der Waals surface area contributed by atoms with Gasteiger partial charge in [-0.15, -0.1) is 0 Å². The molecule has 24 heavy (non-hydrogen) atoms. The second kappa shape index (κ2) is 7.97. The van der Waals surface area contributed by atoms with Crippen molar-refractivity contribution in [2.45, 2.75) is 6.61 Å². The predicted octanol–water partition coefficient (Wildman–Crippen LogP) is 5.33. The summed E-state index contributed by atoms with van der Waals surface area (Å²) in [6.45, 7) is 0.515. The maximum Gasteiger partial charge on any atom is 0.128 e. The van der Waals surface area contributed by atoms with Gasteiger partial charge in [0.2, 0.25) is 0 Å². The average Bonchev–Trinajstić information content (AvgIpc) is 2.61. The van der Waals surface area contributed by atoms with Crippen LogP contribution < -0.4 is 4.74 Å². The SMILES string of the molecule is Oc1ccc(N=Cc2cc(I)ccc2OCc2ccccc2)cc1. The van der Waals surface area contributed by atoms with E-state index in [0.29, 0.717) is 6.61 Å². The third-order valence-electron chi connectivity index (χ3n) is 3.41. The van der Waals surface area contributed by atoms with E-state index in [4.69, 9.17) is 4.74 Å². The van der Waals surface area contributed by atoms with Gasteiger partial charge in [-0.25, -0.2) is 0 Å². The molecule has 3 nitrogen and oxygen atoms in total. The number of aromatic hydroxyl groups is 1. The molecule has 0 fully saturated rings. The summed E-state index contributed by atoms with van der Waals surface area (Å²) in [5.41, 5.74) is 2.82. The summed E-state index contributed by atoms with van der Waals surface area (Å²) in [6.07, 6.45) is 1.79. The first-order valence-electron chi connectivity index (χ1n) is 7.50. The van der Waals surface area contributed by atoms with Gasteiger partial charge >= 0.3 is 0 Å². The Balaban J connectivity index is 1.79. The van der Waals surface area contributed by atoms with Crippen LogP contribution >= 0.6 is 22.6 Å². The van der Waals surface area contributed by atoms with Crippen molar-refractivity contribution < 1.29 is 9.84 Å². The van der Waals surface area contributed by atoms with Crippen molar-refractivity contribution in [2.24, 2.45) is 4.99 Å². The lowest BCUT2D eigenvalue weighted by Crippen LogP contribution is -1.98. The van der Waals surface area contributed by atoms with Crippen LogP contribution in [0.2, 0.25) is 0 Å². The summed E-state index contributed by atoms with van der Waals surface area (Å²) in [4.78, 5) is 4.45. The van der Waals surface area contributed by atoms with E-state index in [1.807, 2.05) is 48.5 Å². The van der Waals surface area contributed by atoms with Crippen molar-refractivity contribution in [2.75, 3.05) is 0 Å². The number of hydrogen-bond donors (Lipinski definition) is 1. The third kappa shape index (κ3) is 4.58. The highest BCUT2D eigenvalue weighted by molar-refractivity contribution is 14.1. The highest BCUT2D eigenvalue weighted by Crippen LogP contribution is 2.23. The van der Waals surface area contributed by atoms with E-state index in [1.54, 1.807) is 30.5 Å². The Morgan fingerprint density at radius 3 is 2.46 bits per heavy atom. The molecule has 4 heteroatoms. The molecule has 3 rings (SSSR count). The number of hydrogen-bond acceptors (Lipinski definition) is 3. The van der Waals surface area contributed by atoms with Gasteiger partial charge in [-0.05, 0) is 70.6 Å². The molecule has 0 atom stereocenters. The first-order valence-corrected chi connectivity index (χ1v) is 8.58. The fourth-order valence-corrected chi connectivity index (χ4v) is 2.69. The zero-order chi connectivity index (χ0) is 16.8. The minimum Gasteiger partial charge on any atom is -0.508 e. The van der Waals surface area contributed by atoms with Crippen LogP contribution in [-0.4, -0.2) is 11.3 Å². The Morgan fingerprint density at radius 2 is 1.71 bits per heavy atom. The van der Waals surface area contributed by atoms with Gasteiger partial charge in [0.05, 0.1) is 5.69 Å². The Bertz CT molecular complexity index is 830. The van der Waals surface area contributed by atoms with Gasteiger partial charge in [-0.2, -0.15) is 0 Å². The Morgan fingerprint density at radius 1 is 0.958 bits per heavy atom. The van der Waals surface area contributed by atoms with Crippen LogP contribution in [-0.2, 0) is 6.61 Å². The number of rotatable bonds is 5. The quantitative estimate of drug-likeness (QED) is 0.440. The zero-order valence-electron chi connectivity index (χ0n) is 12.9. The normalized spacial score (nSPS) is 10.9. The van der Waals surface area contributed by atoms with Gasteiger partial charge in [-0.1, -0.05) is 30.3 Å². The van der Waals surface area contributed by atoms with E-state index in [-0.39, 0.29) is 5.75 Å². The van der Waals surface area contributed by atoms with Crippen molar-refractivity contribution in [3.8, 4) is 11.5 Å². The Labute approximate surface area is 154 Å². The highest BCUT2D eigenvalue weighted by atomic mass is 127. The zero-order valence-corrected chi connectivity index (χ0v) is 15.1. The maximum absolute atomic E-state index is 9.33. The van der Waals surface area contributed by atoms with Gasteiger partial charge in [0.25, 0.3) is 0 Å². The smallest absolute Gasteiger partial charge is 0.128 e. The Kier molecular flexibility index (Phi) is 5.48. The van der Waals surface area contributed by atoms with Crippen LogP contribution in [0.5, 0.6) is 11.5 Å². The van der Waals surface area contributed by atoms with Crippen molar-refractivity contribution in [1.82, 2.24) is 0 Å². The van der Waals surface area contributed by atoms with Crippen LogP contribution in [0.4, 0.5) is 5.69 Å². The molecule has 0 amide bonds. The lowest BCUT2D eigenvalue weighted by atomic mass is 10.2. The van der Waals surface area contributed by atoms with Crippen LogP contribution in [0.1, 0.15) is 11.1 Å². The van der Waals surface area contributed by atoms with E-state index in [2.05, 4.69) is 27.6 Å². The molecular formula is C20H16INO2. The summed E-state index contributed by atoms with van der Waals surface area (Å²) in [5.74, 6) is 1.02. The van der Waals surface area contributed by atoms with Gasteiger partial charge < -0.3 is 9.84 Å². The molecule has 3 aromatic rings. The number of halogens is 1. The molecule has 0 aliphatic rings. The molecule has 3 aromatic carbocycles. The topological polar surface area (TPSA) is 41.8 Å². The van der Waals surface area contributed by atoms with E-state index in [9.17, 15) is 5.11 Å². The molecule has 0 heterocycles. The summed E-state index contributed by atoms with van der Waals surface area (Å²) in [5, 5.41) is 9.33. The third-order valence-corrected chi connectivity index (χ3v) is 4.08. The first kappa shape index (κ1) is 16.5. The van der Waals surface area contributed by atoms with E-state index < -0.39 is 0 Å². The number of nitrogens with zero attached hydrogens (tertiary/aromatic N) is 1. The lowest BCUT2D eigenvalue weighted by Gasteiger charge is -2.09. The number of ether oxygens (including phenoxy) is 1. The van der Waals surface area contributed by atoms with Crippen LogP contribution in [0, 0.1) is 3.57 Å². The summed E-state index contributed by atoms with van der Waals surface area (Å²) < 4.78 is 7.07. The van der Waals surface area contributed by atoms with E-state index >= 15 is 0 Å². The minimum atomic E-state index is 0.232. The summed E-state index contributed by atoms with van der Waals surface area (Å²) >= 11 is 2.27. The first-order chi connectivity index (χ1) is 11.7.